The van der Waals surface area contributed by atoms with E-state index >= 15 is 0 Å². The number of aryl methyl sites for hydroxylation is 1. The number of para-hydroxylation sites is 3. The summed E-state index contributed by atoms with van der Waals surface area (Å²) in [6.07, 6.45) is -0.265. The molecule has 0 radical (unpaired) electrons. The van der Waals surface area contributed by atoms with Crippen LogP contribution in [-0.2, 0) is 0 Å². The number of rotatable bonds is 3. The lowest BCUT2D eigenvalue weighted by atomic mass is 10.0. The van der Waals surface area contributed by atoms with Gasteiger partial charge in [-0.3, -0.25) is 9.69 Å². The van der Waals surface area contributed by atoms with Crippen LogP contribution in [0.4, 0.5) is 11.4 Å². The SMILES string of the molecule is COc1ccccc1N1C(=O)c2ccccc2N[C@@H]1c1sccc1C. The number of ether oxygens (including phenoxy) is 1. The van der Waals surface area contributed by atoms with Gasteiger partial charge < -0.3 is 10.1 Å². The van der Waals surface area contributed by atoms with Crippen LogP contribution in [0.5, 0.6) is 5.75 Å². The van der Waals surface area contributed by atoms with Crippen LogP contribution in [0, 0.1) is 6.92 Å². The van der Waals surface area contributed by atoms with Gasteiger partial charge in [0, 0.05) is 5.69 Å². The fraction of sp³-hybridized carbons (Fsp3) is 0.150. The molecule has 0 unspecified atom stereocenters. The molecule has 1 atom stereocenters. The van der Waals surface area contributed by atoms with E-state index in [0.717, 1.165) is 21.8 Å². The van der Waals surface area contributed by atoms with Crippen LogP contribution >= 0.6 is 11.3 Å². The number of nitrogens with zero attached hydrogens (tertiary/aromatic N) is 1. The third-order valence-corrected chi connectivity index (χ3v) is 5.49. The molecular formula is C20H18N2O2S. The van der Waals surface area contributed by atoms with Crippen molar-refractivity contribution in [3.05, 3.63) is 76.0 Å². The zero-order valence-electron chi connectivity index (χ0n) is 14.0. The third kappa shape index (κ3) is 2.57. The molecule has 126 valence electrons. The molecule has 4 rings (SSSR count). The zero-order valence-corrected chi connectivity index (χ0v) is 14.8. The molecule has 1 N–H and O–H groups in total. The molecule has 4 nitrogen and oxygen atoms in total. The van der Waals surface area contributed by atoms with Gasteiger partial charge >= 0.3 is 0 Å². The number of hydrogen-bond acceptors (Lipinski definition) is 4. The normalized spacial score (nSPS) is 16.3. The molecule has 0 saturated carbocycles. The van der Waals surface area contributed by atoms with Crippen molar-refractivity contribution in [3.63, 3.8) is 0 Å². The van der Waals surface area contributed by atoms with E-state index in [1.54, 1.807) is 23.3 Å². The first kappa shape index (κ1) is 15.7. The summed E-state index contributed by atoms with van der Waals surface area (Å²) >= 11 is 1.65. The number of benzene rings is 2. The summed E-state index contributed by atoms with van der Waals surface area (Å²) in [7, 11) is 1.63. The van der Waals surface area contributed by atoms with Crippen molar-refractivity contribution in [2.24, 2.45) is 0 Å². The van der Waals surface area contributed by atoms with Gasteiger partial charge in [-0.2, -0.15) is 0 Å². The van der Waals surface area contributed by atoms with Crippen molar-refractivity contribution in [2.75, 3.05) is 17.3 Å². The van der Waals surface area contributed by atoms with Crippen LogP contribution in [0.2, 0.25) is 0 Å². The Morgan fingerprint density at radius 1 is 1.08 bits per heavy atom. The van der Waals surface area contributed by atoms with Crippen LogP contribution in [0.25, 0.3) is 0 Å². The Labute approximate surface area is 150 Å². The predicted molar refractivity (Wildman–Crippen MR) is 102 cm³/mol. The molecule has 5 heteroatoms. The Kier molecular flexibility index (Phi) is 3.93. The van der Waals surface area contributed by atoms with E-state index in [0.29, 0.717) is 11.3 Å². The summed E-state index contributed by atoms with van der Waals surface area (Å²) in [6, 6.07) is 17.3. The number of anilines is 2. The molecule has 1 aliphatic rings. The van der Waals surface area contributed by atoms with Crippen LogP contribution in [-0.4, -0.2) is 13.0 Å². The highest BCUT2D eigenvalue weighted by atomic mass is 32.1. The van der Waals surface area contributed by atoms with Crippen molar-refractivity contribution in [1.82, 2.24) is 0 Å². The second-order valence-corrected chi connectivity index (χ2v) is 6.86. The standard InChI is InChI=1S/C20H18N2O2S/c1-13-11-12-25-18(13)19-21-15-8-4-3-7-14(15)20(23)22(19)16-9-5-6-10-17(16)24-2/h3-12,19,21H,1-2H3/t19-/m0/s1. The maximum atomic E-state index is 13.3. The summed E-state index contributed by atoms with van der Waals surface area (Å²) in [5, 5.41) is 5.58. The van der Waals surface area contributed by atoms with Gasteiger partial charge in [0.05, 0.1) is 23.2 Å². The summed E-state index contributed by atoms with van der Waals surface area (Å²) in [6.45, 7) is 2.07. The molecule has 0 fully saturated rings. The van der Waals surface area contributed by atoms with E-state index in [-0.39, 0.29) is 12.1 Å². The minimum atomic E-state index is -0.265. The number of nitrogens with one attached hydrogen (secondary N) is 1. The van der Waals surface area contributed by atoms with Gasteiger partial charge in [-0.05, 0) is 48.2 Å². The molecule has 1 amide bonds. The molecule has 2 aromatic carbocycles. The van der Waals surface area contributed by atoms with E-state index < -0.39 is 0 Å². The fourth-order valence-corrected chi connectivity index (χ4v) is 4.14. The van der Waals surface area contributed by atoms with Crippen molar-refractivity contribution in [2.45, 2.75) is 13.1 Å². The van der Waals surface area contributed by atoms with Gasteiger partial charge in [-0.25, -0.2) is 0 Å². The smallest absolute Gasteiger partial charge is 0.262 e. The fourth-order valence-electron chi connectivity index (χ4n) is 3.18. The van der Waals surface area contributed by atoms with Crippen molar-refractivity contribution in [3.8, 4) is 5.75 Å². The highest BCUT2D eigenvalue weighted by Gasteiger charge is 2.36. The van der Waals surface area contributed by atoms with Gasteiger partial charge in [0.25, 0.3) is 5.91 Å². The summed E-state index contributed by atoms with van der Waals surface area (Å²) < 4.78 is 5.51. The van der Waals surface area contributed by atoms with E-state index in [1.165, 1.54) is 0 Å². The molecule has 0 spiro atoms. The molecule has 0 bridgehead atoms. The lowest BCUT2D eigenvalue weighted by Gasteiger charge is -2.38. The van der Waals surface area contributed by atoms with Crippen LogP contribution in [0.3, 0.4) is 0 Å². The molecule has 0 saturated heterocycles. The topological polar surface area (TPSA) is 41.6 Å². The number of hydrogen-bond donors (Lipinski definition) is 1. The Morgan fingerprint density at radius 3 is 2.60 bits per heavy atom. The summed E-state index contributed by atoms with van der Waals surface area (Å²) in [4.78, 5) is 16.2. The highest BCUT2D eigenvalue weighted by molar-refractivity contribution is 7.10. The first-order valence-electron chi connectivity index (χ1n) is 8.07. The van der Waals surface area contributed by atoms with E-state index in [9.17, 15) is 4.79 Å². The number of carbonyl (C=O) groups excluding carboxylic acids is 1. The van der Waals surface area contributed by atoms with Crippen LogP contribution in [0.15, 0.2) is 60.0 Å². The van der Waals surface area contributed by atoms with Crippen molar-refractivity contribution >= 4 is 28.6 Å². The second kappa shape index (κ2) is 6.26. The second-order valence-electron chi connectivity index (χ2n) is 5.91. The van der Waals surface area contributed by atoms with Gasteiger partial charge in [-0.1, -0.05) is 24.3 Å². The number of carbonyl (C=O) groups is 1. The monoisotopic (exact) mass is 350 g/mol. The van der Waals surface area contributed by atoms with Crippen molar-refractivity contribution in [1.29, 1.82) is 0 Å². The minimum Gasteiger partial charge on any atom is -0.495 e. The highest BCUT2D eigenvalue weighted by Crippen LogP contribution is 2.42. The predicted octanol–water partition coefficient (Wildman–Crippen LogP) is 4.84. The minimum absolute atomic E-state index is 0.0309. The molecular weight excluding hydrogens is 332 g/mol. The zero-order chi connectivity index (χ0) is 17.4. The molecule has 1 aliphatic heterocycles. The molecule has 2 heterocycles. The lowest BCUT2D eigenvalue weighted by Crippen LogP contribution is -2.43. The maximum Gasteiger partial charge on any atom is 0.262 e. The summed E-state index contributed by atoms with van der Waals surface area (Å²) in [5.74, 6) is 0.646. The van der Waals surface area contributed by atoms with Gasteiger partial charge in [0.1, 0.15) is 11.9 Å². The Bertz CT molecular complexity index is 935. The van der Waals surface area contributed by atoms with E-state index in [1.807, 2.05) is 48.5 Å². The quantitative estimate of drug-likeness (QED) is 0.735. The Hall–Kier alpha value is -2.79. The van der Waals surface area contributed by atoms with Crippen LogP contribution < -0.4 is 15.0 Å². The van der Waals surface area contributed by atoms with Gasteiger partial charge in [-0.15, -0.1) is 11.3 Å². The Morgan fingerprint density at radius 2 is 1.84 bits per heavy atom. The molecule has 25 heavy (non-hydrogen) atoms. The van der Waals surface area contributed by atoms with E-state index in [4.69, 9.17) is 4.74 Å². The van der Waals surface area contributed by atoms with Gasteiger partial charge in [0.15, 0.2) is 0 Å². The van der Waals surface area contributed by atoms with Crippen LogP contribution in [0.1, 0.15) is 27.0 Å². The van der Waals surface area contributed by atoms with Gasteiger partial charge in [0.2, 0.25) is 0 Å². The first-order valence-corrected chi connectivity index (χ1v) is 8.95. The average Bonchev–Trinajstić information content (AvgIpc) is 3.07. The molecule has 1 aromatic heterocycles. The number of amides is 1. The largest absolute Gasteiger partial charge is 0.495 e. The average molecular weight is 350 g/mol. The number of fused-ring (bicyclic) bond motifs is 1. The summed E-state index contributed by atoms with van der Waals surface area (Å²) in [5.41, 5.74) is 3.44. The lowest BCUT2D eigenvalue weighted by molar-refractivity contribution is 0.0974. The Balaban J connectivity index is 1.91. The first-order chi connectivity index (χ1) is 12.2. The maximum absolute atomic E-state index is 13.3. The van der Waals surface area contributed by atoms with Crippen molar-refractivity contribution < 1.29 is 9.53 Å². The molecule has 3 aromatic rings. The molecule has 0 aliphatic carbocycles. The van der Waals surface area contributed by atoms with E-state index in [2.05, 4.69) is 23.7 Å². The number of thiophene rings is 1. The number of methoxy groups -OCH3 is 1. The third-order valence-electron chi connectivity index (χ3n) is 4.42.